The maximum Gasteiger partial charge on any atom is 0.325 e. The van der Waals surface area contributed by atoms with E-state index in [0.29, 0.717) is 28.3 Å². The van der Waals surface area contributed by atoms with Gasteiger partial charge in [-0.2, -0.15) is 4.37 Å². The van der Waals surface area contributed by atoms with Gasteiger partial charge in [0.2, 0.25) is 5.91 Å². The lowest BCUT2D eigenvalue weighted by atomic mass is 10.0. The fourth-order valence-corrected chi connectivity index (χ4v) is 4.37. The highest BCUT2D eigenvalue weighted by Crippen LogP contribution is 2.35. The molecule has 12 heteroatoms. The zero-order valence-electron chi connectivity index (χ0n) is 20.5. The van der Waals surface area contributed by atoms with Gasteiger partial charge in [-0.15, -0.1) is 0 Å². The number of amides is 3. The lowest BCUT2D eigenvalue weighted by Gasteiger charge is -2.32. The van der Waals surface area contributed by atoms with E-state index in [1.807, 2.05) is 13.0 Å². The molecule has 0 bridgehead atoms. The monoisotopic (exact) mass is 525 g/mol. The molecule has 0 saturated heterocycles. The number of hydrogen-bond donors (Lipinski definition) is 4. The summed E-state index contributed by atoms with van der Waals surface area (Å²) >= 11 is 0.684. The van der Waals surface area contributed by atoms with Crippen LogP contribution in [0.3, 0.4) is 0 Å². The topological polar surface area (TPSA) is 178 Å². The summed E-state index contributed by atoms with van der Waals surface area (Å²) in [6, 6.07) is 9.79. The Balaban J connectivity index is 2.20. The molecule has 0 aliphatic heterocycles. The van der Waals surface area contributed by atoms with Crippen molar-refractivity contribution in [1.29, 1.82) is 0 Å². The van der Waals surface area contributed by atoms with E-state index < -0.39 is 36.3 Å². The average Bonchev–Trinajstić information content (AvgIpc) is 3.25. The molecule has 0 fully saturated rings. The number of nitrogens with two attached hydrogens (primary N) is 2. The Morgan fingerprint density at radius 1 is 1.14 bits per heavy atom. The fraction of sp³-hybridized carbons (Fsp3) is 0.240. The molecule has 0 aliphatic rings. The van der Waals surface area contributed by atoms with E-state index in [-0.39, 0.29) is 28.6 Å². The summed E-state index contributed by atoms with van der Waals surface area (Å²) in [5, 5.41) is 12.3. The number of esters is 1. The number of anilines is 2. The zero-order valence-corrected chi connectivity index (χ0v) is 21.3. The Labute approximate surface area is 217 Å². The summed E-state index contributed by atoms with van der Waals surface area (Å²) in [7, 11) is 0. The van der Waals surface area contributed by atoms with Crippen LogP contribution in [-0.2, 0) is 14.3 Å². The van der Waals surface area contributed by atoms with Crippen LogP contribution in [-0.4, -0.2) is 46.3 Å². The number of primary amides is 1. The summed E-state index contributed by atoms with van der Waals surface area (Å²) < 4.78 is 8.82. The van der Waals surface area contributed by atoms with Gasteiger partial charge < -0.3 is 26.6 Å². The van der Waals surface area contributed by atoms with E-state index in [1.165, 1.54) is 29.2 Å². The van der Waals surface area contributed by atoms with E-state index >= 15 is 0 Å². The minimum absolute atomic E-state index is 0.0446. The Bertz CT molecular complexity index is 1340. The number of nitrogens with zero attached hydrogens (tertiary/aromatic N) is 2. The van der Waals surface area contributed by atoms with Crippen LogP contribution in [0, 0.1) is 13.8 Å². The van der Waals surface area contributed by atoms with Crippen LogP contribution in [0.25, 0.3) is 0 Å². The van der Waals surface area contributed by atoms with Crippen molar-refractivity contribution in [2.75, 3.05) is 23.8 Å². The molecule has 0 aliphatic carbocycles. The Morgan fingerprint density at radius 2 is 1.81 bits per heavy atom. The SMILES string of the molecule is CCOC(=O)CNC(=O)[C@H](c1ccc(O)cc1)N(C(=O)c1snc(C(N)=O)c1N)c1cc(C)ccc1C. The number of ether oxygens (including phenoxy) is 1. The second-order valence-corrected chi connectivity index (χ2v) is 8.89. The number of rotatable bonds is 9. The van der Waals surface area contributed by atoms with Crippen molar-refractivity contribution in [2.45, 2.75) is 26.8 Å². The molecule has 37 heavy (non-hydrogen) atoms. The smallest absolute Gasteiger partial charge is 0.325 e. The van der Waals surface area contributed by atoms with Crippen molar-refractivity contribution >= 4 is 46.6 Å². The Hall–Kier alpha value is -4.45. The third-order valence-electron chi connectivity index (χ3n) is 5.43. The van der Waals surface area contributed by atoms with Crippen LogP contribution in [0.15, 0.2) is 42.5 Å². The van der Waals surface area contributed by atoms with Gasteiger partial charge in [-0.3, -0.25) is 24.1 Å². The zero-order chi connectivity index (χ0) is 27.3. The van der Waals surface area contributed by atoms with Gasteiger partial charge in [0, 0.05) is 5.69 Å². The quantitative estimate of drug-likeness (QED) is 0.307. The summed E-state index contributed by atoms with van der Waals surface area (Å²) in [4.78, 5) is 52.4. The summed E-state index contributed by atoms with van der Waals surface area (Å²) in [6.07, 6.45) is 0. The maximum absolute atomic E-state index is 14.0. The first-order valence-corrected chi connectivity index (χ1v) is 12.0. The number of nitrogens with one attached hydrogen (secondary N) is 1. The van der Waals surface area contributed by atoms with Gasteiger partial charge in [-0.25, -0.2) is 0 Å². The van der Waals surface area contributed by atoms with E-state index in [2.05, 4.69) is 9.69 Å². The van der Waals surface area contributed by atoms with Crippen LogP contribution in [0.4, 0.5) is 11.4 Å². The molecule has 1 atom stereocenters. The molecule has 0 unspecified atom stereocenters. The number of carbonyl (C=O) groups excluding carboxylic acids is 4. The number of nitrogen functional groups attached to an aromatic ring is 1. The van der Waals surface area contributed by atoms with Crippen molar-refractivity contribution in [3.8, 4) is 5.75 Å². The largest absolute Gasteiger partial charge is 0.508 e. The van der Waals surface area contributed by atoms with Gasteiger partial charge in [0.15, 0.2) is 5.69 Å². The molecular formula is C25H27N5O6S. The minimum atomic E-state index is -1.30. The van der Waals surface area contributed by atoms with Crippen LogP contribution in [0.1, 0.15) is 49.8 Å². The predicted molar refractivity (Wildman–Crippen MR) is 138 cm³/mol. The van der Waals surface area contributed by atoms with Crippen molar-refractivity contribution in [1.82, 2.24) is 9.69 Å². The van der Waals surface area contributed by atoms with Gasteiger partial charge in [-0.05, 0) is 67.2 Å². The van der Waals surface area contributed by atoms with Crippen LogP contribution in [0.5, 0.6) is 5.75 Å². The first-order chi connectivity index (χ1) is 17.5. The first-order valence-electron chi connectivity index (χ1n) is 11.2. The van der Waals surface area contributed by atoms with Crippen molar-refractivity contribution in [3.05, 3.63) is 69.7 Å². The molecule has 2 aromatic carbocycles. The molecule has 1 aromatic heterocycles. The average molecular weight is 526 g/mol. The number of benzene rings is 2. The molecule has 1 heterocycles. The Morgan fingerprint density at radius 3 is 2.41 bits per heavy atom. The molecule has 0 saturated carbocycles. The highest BCUT2D eigenvalue weighted by atomic mass is 32.1. The molecular weight excluding hydrogens is 498 g/mol. The number of phenolic OH excluding ortho intramolecular Hbond substituents is 1. The third kappa shape index (κ3) is 6.04. The molecule has 6 N–H and O–H groups in total. The standard InChI is InChI=1S/C25H27N5O6S/c1-4-36-18(32)12-28-24(34)21(15-7-9-16(31)10-8-15)30(17-11-13(2)5-6-14(17)3)25(35)22-19(26)20(23(27)33)29-37-22/h5-11,21,31H,4,12,26H2,1-3H3,(H2,27,33)(H,28,34)/t21-/m0/s1. The van der Waals surface area contributed by atoms with Gasteiger partial charge in [-0.1, -0.05) is 24.3 Å². The van der Waals surface area contributed by atoms with Gasteiger partial charge >= 0.3 is 5.97 Å². The van der Waals surface area contributed by atoms with Crippen LogP contribution < -0.4 is 21.7 Å². The Kier molecular flexibility index (Phi) is 8.45. The number of phenols is 1. The van der Waals surface area contributed by atoms with Gasteiger partial charge in [0.1, 0.15) is 23.2 Å². The molecule has 3 amide bonds. The second kappa shape index (κ2) is 11.5. The molecule has 3 rings (SSSR count). The summed E-state index contributed by atoms with van der Waals surface area (Å²) in [6.45, 7) is 4.94. The summed E-state index contributed by atoms with van der Waals surface area (Å²) in [5.41, 5.74) is 13.2. The summed E-state index contributed by atoms with van der Waals surface area (Å²) in [5.74, 6) is -2.99. The number of aromatic nitrogens is 1. The maximum atomic E-state index is 14.0. The van der Waals surface area contributed by atoms with E-state index in [0.717, 1.165) is 5.56 Å². The highest BCUT2D eigenvalue weighted by molar-refractivity contribution is 7.09. The second-order valence-electron chi connectivity index (χ2n) is 8.12. The minimum Gasteiger partial charge on any atom is -0.508 e. The van der Waals surface area contributed by atoms with Crippen LogP contribution in [0.2, 0.25) is 0 Å². The predicted octanol–water partition coefficient (Wildman–Crippen LogP) is 2.21. The van der Waals surface area contributed by atoms with E-state index in [4.69, 9.17) is 16.2 Å². The van der Waals surface area contributed by atoms with Crippen molar-refractivity contribution in [3.63, 3.8) is 0 Å². The molecule has 0 spiro atoms. The molecule has 11 nitrogen and oxygen atoms in total. The first kappa shape index (κ1) is 27.1. The van der Waals surface area contributed by atoms with Crippen LogP contribution >= 0.6 is 11.5 Å². The van der Waals surface area contributed by atoms with Crippen molar-refractivity contribution < 1.29 is 29.0 Å². The number of aromatic hydroxyl groups is 1. The van der Waals surface area contributed by atoms with E-state index in [9.17, 15) is 24.3 Å². The highest BCUT2D eigenvalue weighted by Gasteiger charge is 2.37. The number of hydrogen-bond acceptors (Lipinski definition) is 9. The van der Waals surface area contributed by atoms with Gasteiger partial charge in [0.05, 0.1) is 12.3 Å². The lowest BCUT2D eigenvalue weighted by molar-refractivity contribution is -0.143. The van der Waals surface area contributed by atoms with Crippen molar-refractivity contribution in [2.24, 2.45) is 5.73 Å². The normalized spacial score (nSPS) is 11.4. The fourth-order valence-electron chi connectivity index (χ4n) is 3.63. The van der Waals surface area contributed by atoms with E-state index in [1.54, 1.807) is 26.0 Å². The molecule has 194 valence electrons. The lowest BCUT2D eigenvalue weighted by Crippen LogP contribution is -2.45. The number of carbonyl (C=O) groups is 4. The molecule has 3 aromatic rings. The molecule has 0 radical (unpaired) electrons. The number of aryl methyl sites for hydroxylation is 2. The van der Waals surface area contributed by atoms with Gasteiger partial charge in [0.25, 0.3) is 11.8 Å². The third-order valence-corrected chi connectivity index (χ3v) is 6.28.